The molecule has 0 atom stereocenters. The van der Waals surface area contributed by atoms with Crippen LogP contribution in [0, 0.1) is 0 Å². The minimum atomic E-state index is -0.324. The Morgan fingerprint density at radius 2 is 1.80 bits per heavy atom. The highest BCUT2D eigenvalue weighted by Gasteiger charge is 2.22. The van der Waals surface area contributed by atoms with Crippen molar-refractivity contribution in [1.82, 2.24) is 34.6 Å². The number of hydrogen-bond donors (Lipinski definition) is 3. The van der Waals surface area contributed by atoms with Gasteiger partial charge in [-0.05, 0) is 59.7 Å². The van der Waals surface area contributed by atoms with Crippen LogP contribution in [-0.4, -0.2) is 65.0 Å². The van der Waals surface area contributed by atoms with Crippen LogP contribution in [0.15, 0.2) is 101 Å². The number of urea groups is 1. The Morgan fingerprint density at radius 1 is 0.980 bits per heavy atom. The first kappa shape index (κ1) is 34.9. The number of rotatable bonds is 9. The predicted molar refractivity (Wildman–Crippen MR) is 206 cm³/mol. The fourth-order valence-corrected chi connectivity index (χ4v) is 7.97. The highest BCUT2D eigenvalue weighted by atomic mass is 35.5. The summed E-state index contributed by atoms with van der Waals surface area (Å²) in [5.74, 6) is 3.49. The van der Waals surface area contributed by atoms with Crippen molar-refractivity contribution in [2.45, 2.75) is 49.1 Å². The monoisotopic (exact) mass is 738 g/mol. The van der Waals surface area contributed by atoms with Crippen molar-refractivity contribution in [2.75, 3.05) is 29.9 Å². The van der Waals surface area contributed by atoms with E-state index in [0.29, 0.717) is 34.4 Å². The van der Waals surface area contributed by atoms with Crippen LogP contribution in [0.25, 0.3) is 22.7 Å². The topological polar surface area (TPSA) is 113 Å². The first-order valence-corrected chi connectivity index (χ1v) is 19.1. The summed E-state index contributed by atoms with van der Waals surface area (Å²) < 4.78 is 3.66. The molecule has 7 rings (SSSR count). The van der Waals surface area contributed by atoms with Gasteiger partial charge in [-0.25, -0.2) is 9.48 Å². The molecule has 1 saturated heterocycles. The largest absolute Gasteiger partial charge is 0.507 e. The van der Waals surface area contributed by atoms with Crippen LogP contribution in [0.4, 0.5) is 10.6 Å². The van der Waals surface area contributed by atoms with Gasteiger partial charge in [0, 0.05) is 70.2 Å². The summed E-state index contributed by atoms with van der Waals surface area (Å²) >= 11 is 9.79. The number of aromatic nitrogens is 5. The van der Waals surface area contributed by atoms with Gasteiger partial charge < -0.3 is 10.4 Å². The molecule has 51 heavy (non-hydrogen) atoms. The molecule has 0 saturated carbocycles. The Balaban J connectivity index is 1.07. The Bertz CT molecular complexity index is 2190. The maximum absolute atomic E-state index is 13.4. The lowest BCUT2D eigenvalue weighted by molar-refractivity contribution is 0.251. The van der Waals surface area contributed by atoms with Gasteiger partial charge >= 0.3 is 6.03 Å². The number of phenols is 1. The van der Waals surface area contributed by atoms with E-state index < -0.39 is 0 Å². The van der Waals surface area contributed by atoms with E-state index in [1.807, 2.05) is 75.6 Å². The zero-order chi connectivity index (χ0) is 35.5. The number of thioether (sulfide) groups is 1. The summed E-state index contributed by atoms with van der Waals surface area (Å²) in [7, 11) is 0. The van der Waals surface area contributed by atoms with Gasteiger partial charge in [-0.2, -0.15) is 16.9 Å². The lowest BCUT2D eigenvalue weighted by Gasteiger charge is -2.26. The third-order valence-electron chi connectivity index (χ3n) is 8.60. The number of carbonyl (C=O) groups is 1. The van der Waals surface area contributed by atoms with Crippen LogP contribution in [-0.2, 0) is 18.5 Å². The third-order valence-corrected chi connectivity index (χ3v) is 10.9. The molecule has 3 aromatic carbocycles. The smallest absolute Gasteiger partial charge is 0.320 e. The molecule has 0 radical (unpaired) electrons. The molecule has 0 aliphatic carbocycles. The molecule has 13 heteroatoms. The molecule has 1 fully saturated rings. The van der Waals surface area contributed by atoms with Gasteiger partial charge in [0.25, 0.3) is 0 Å². The van der Waals surface area contributed by atoms with Gasteiger partial charge in [-0.3, -0.25) is 14.6 Å². The Labute approximate surface area is 310 Å². The summed E-state index contributed by atoms with van der Waals surface area (Å²) in [6.45, 7) is 9.74. The highest BCUT2D eigenvalue weighted by Crippen LogP contribution is 2.34. The number of carbonyl (C=O) groups excluding carboxylic acids is 1. The molecule has 0 spiro atoms. The average Bonchev–Trinajstić information content (AvgIpc) is 3.74. The van der Waals surface area contributed by atoms with Crippen molar-refractivity contribution in [3.63, 3.8) is 0 Å². The number of phenolic OH excluding ortho intramolecular Hbond substituents is 1. The standard InChI is InChI=1S/C38H39ClN8O2S2/c1-38(2,3)33-21-35(47(44-33)28-9-6-7-25(19-28)23-45-15-17-50-18-16-45)41-37(49)40-22-26-8-4-5-10-32(26)51-29-12-14-34-42-43-36(46(34)24-29)30-20-27(39)11-13-31(30)48/h4-14,19-21,24,48H,15-18,22-23H2,1-3H3,(H2,40,41,49). The second-order valence-electron chi connectivity index (χ2n) is 13.4. The van der Waals surface area contributed by atoms with Crippen molar-refractivity contribution in [2.24, 2.45) is 0 Å². The third kappa shape index (κ3) is 8.20. The lowest BCUT2D eigenvalue weighted by atomic mass is 9.92. The van der Waals surface area contributed by atoms with Gasteiger partial charge in [0.15, 0.2) is 11.5 Å². The first-order valence-electron chi connectivity index (χ1n) is 16.7. The number of amides is 2. The molecule has 0 unspecified atom stereocenters. The Kier molecular flexibility index (Phi) is 10.3. The zero-order valence-corrected chi connectivity index (χ0v) is 31.0. The van der Waals surface area contributed by atoms with E-state index in [2.05, 4.69) is 64.7 Å². The van der Waals surface area contributed by atoms with E-state index in [9.17, 15) is 9.90 Å². The minimum absolute atomic E-state index is 0.0693. The van der Waals surface area contributed by atoms with Crippen molar-refractivity contribution < 1.29 is 9.90 Å². The predicted octanol–water partition coefficient (Wildman–Crippen LogP) is 8.26. The van der Waals surface area contributed by atoms with E-state index in [-0.39, 0.29) is 17.2 Å². The van der Waals surface area contributed by atoms with E-state index >= 15 is 0 Å². The normalized spacial score (nSPS) is 13.8. The first-order chi connectivity index (χ1) is 24.6. The maximum Gasteiger partial charge on any atom is 0.320 e. The Hall–Kier alpha value is -4.49. The van der Waals surface area contributed by atoms with Crippen molar-refractivity contribution in [3.05, 3.63) is 113 Å². The van der Waals surface area contributed by atoms with Gasteiger partial charge in [0.05, 0.1) is 16.9 Å². The number of aromatic hydroxyl groups is 1. The summed E-state index contributed by atoms with van der Waals surface area (Å²) in [4.78, 5) is 17.8. The fraction of sp³-hybridized carbons (Fsp3) is 0.263. The quantitative estimate of drug-likeness (QED) is 0.136. The van der Waals surface area contributed by atoms with Crippen LogP contribution in [0.3, 0.4) is 0 Å². The number of benzene rings is 3. The van der Waals surface area contributed by atoms with E-state index in [4.69, 9.17) is 16.7 Å². The molecule has 1 aliphatic heterocycles. The fourth-order valence-electron chi connectivity index (χ4n) is 5.85. The molecule has 262 valence electrons. The van der Waals surface area contributed by atoms with Crippen LogP contribution in [0.1, 0.15) is 37.6 Å². The van der Waals surface area contributed by atoms with Gasteiger partial charge in [0.1, 0.15) is 11.6 Å². The number of hydrogen-bond acceptors (Lipinski definition) is 8. The van der Waals surface area contributed by atoms with Crippen LogP contribution in [0.5, 0.6) is 5.75 Å². The molecule has 3 N–H and O–H groups in total. The number of nitrogens with one attached hydrogen (secondary N) is 2. The number of halogens is 1. The molecular formula is C38H39ClN8O2S2. The van der Waals surface area contributed by atoms with E-state index in [1.165, 1.54) is 5.56 Å². The average molecular weight is 739 g/mol. The summed E-state index contributed by atoms with van der Waals surface area (Å²) in [5, 5.41) is 30.6. The van der Waals surface area contributed by atoms with Gasteiger partial charge in [-0.1, -0.05) is 74.5 Å². The molecule has 0 bridgehead atoms. The van der Waals surface area contributed by atoms with E-state index in [1.54, 1.807) is 30.0 Å². The second-order valence-corrected chi connectivity index (χ2v) is 16.2. The molecule has 10 nitrogen and oxygen atoms in total. The van der Waals surface area contributed by atoms with Crippen LogP contribution < -0.4 is 10.6 Å². The van der Waals surface area contributed by atoms with Crippen LogP contribution >= 0.6 is 35.1 Å². The van der Waals surface area contributed by atoms with Crippen LogP contribution in [0.2, 0.25) is 5.02 Å². The zero-order valence-electron chi connectivity index (χ0n) is 28.6. The summed E-state index contributed by atoms with van der Waals surface area (Å²) in [5.41, 5.74) is 4.90. The number of pyridine rings is 1. The highest BCUT2D eigenvalue weighted by molar-refractivity contribution is 7.99. The molecule has 6 aromatic rings. The minimum Gasteiger partial charge on any atom is -0.507 e. The summed E-state index contributed by atoms with van der Waals surface area (Å²) in [6, 6.07) is 26.7. The number of anilines is 1. The van der Waals surface area contributed by atoms with Gasteiger partial charge in [-0.15, -0.1) is 10.2 Å². The maximum atomic E-state index is 13.4. The molecule has 2 amide bonds. The van der Waals surface area contributed by atoms with E-state index in [0.717, 1.165) is 57.9 Å². The van der Waals surface area contributed by atoms with Crippen molar-refractivity contribution >= 4 is 52.6 Å². The lowest BCUT2D eigenvalue weighted by Crippen LogP contribution is -2.32. The SMILES string of the molecule is CC(C)(C)c1cc(NC(=O)NCc2ccccc2Sc2ccc3nnc(-c4cc(Cl)ccc4O)n3c2)n(-c2cccc(CN3CCSCC3)c2)n1. The summed E-state index contributed by atoms with van der Waals surface area (Å²) in [6.07, 6.45) is 1.93. The molecule has 3 aromatic heterocycles. The van der Waals surface area contributed by atoms with Gasteiger partial charge in [0.2, 0.25) is 0 Å². The molecule has 1 aliphatic rings. The molecular weight excluding hydrogens is 700 g/mol. The van der Waals surface area contributed by atoms with Crippen molar-refractivity contribution in [3.8, 4) is 22.8 Å². The number of fused-ring (bicyclic) bond motifs is 1. The Morgan fingerprint density at radius 3 is 2.63 bits per heavy atom. The second kappa shape index (κ2) is 15.0. The molecule has 4 heterocycles. The van der Waals surface area contributed by atoms with Crippen molar-refractivity contribution in [1.29, 1.82) is 0 Å². The number of nitrogens with zero attached hydrogens (tertiary/aromatic N) is 6.